The van der Waals surface area contributed by atoms with Gasteiger partial charge in [0.05, 0.1) is 14.1 Å². The van der Waals surface area contributed by atoms with E-state index in [2.05, 4.69) is 37.2 Å². The van der Waals surface area contributed by atoms with Crippen LogP contribution in [0.25, 0.3) is 0 Å². The van der Waals surface area contributed by atoms with Crippen LogP contribution in [0, 0.1) is 0 Å². The Labute approximate surface area is 141 Å². The zero-order chi connectivity index (χ0) is 16.7. The lowest BCUT2D eigenvalue weighted by atomic mass is 9.73. The molecular formula is C20H29NOSi. The van der Waals surface area contributed by atoms with Crippen LogP contribution in [-0.2, 0) is 0 Å². The first kappa shape index (κ1) is 16.5. The standard InChI is InChI=1S/C20H29NOSi/c1-20-13-8-11-18(17(12-14-20)15-23(2,3)4)21(20)19(22)16-9-6-5-7-10-16/h5-7,9-10,15,18H,8,11-14H2,1-4H3/b17-15+/t18-,20+/m0/s1. The Bertz CT molecular complexity index is 616. The molecule has 3 rings (SSSR count). The van der Waals surface area contributed by atoms with Crippen molar-refractivity contribution in [2.75, 3.05) is 0 Å². The van der Waals surface area contributed by atoms with Gasteiger partial charge < -0.3 is 4.90 Å². The van der Waals surface area contributed by atoms with Crippen LogP contribution in [0.5, 0.6) is 0 Å². The Morgan fingerprint density at radius 1 is 1.22 bits per heavy atom. The summed E-state index contributed by atoms with van der Waals surface area (Å²) in [5.74, 6) is 0.221. The summed E-state index contributed by atoms with van der Waals surface area (Å²) < 4.78 is 0. The number of nitrogens with zero attached hydrogens (tertiary/aromatic N) is 1. The topological polar surface area (TPSA) is 20.3 Å². The summed E-state index contributed by atoms with van der Waals surface area (Å²) in [6, 6.07) is 10.1. The molecule has 2 fully saturated rings. The van der Waals surface area contributed by atoms with Gasteiger partial charge in [-0.1, -0.05) is 49.1 Å². The number of carbonyl (C=O) groups is 1. The van der Waals surface area contributed by atoms with Crippen molar-refractivity contribution in [3.8, 4) is 0 Å². The van der Waals surface area contributed by atoms with E-state index < -0.39 is 8.07 Å². The van der Waals surface area contributed by atoms with E-state index >= 15 is 0 Å². The second-order valence-corrected chi connectivity index (χ2v) is 13.6. The Morgan fingerprint density at radius 3 is 2.57 bits per heavy atom. The summed E-state index contributed by atoms with van der Waals surface area (Å²) in [6.45, 7) is 9.46. The Hall–Kier alpha value is -1.35. The fraction of sp³-hybridized carbons (Fsp3) is 0.550. The number of hydrogen-bond donors (Lipinski definition) is 0. The van der Waals surface area contributed by atoms with Crippen LogP contribution in [-0.4, -0.2) is 30.5 Å². The van der Waals surface area contributed by atoms with Gasteiger partial charge in [0, 0.05) is 11.1 Å². The number of hydrogen-bond acceptors (Lipinski definition) is 1. The third kappa shape index (κ3) is 3.30. The molecule has 0 unspecified atom stereocenters. The van der Waals surface area contributed by atoms with Gasteiger partial charge in [-0.15, -0.1) is 0 Å². The van der Waals surface area contributed by atoms with Crippen molar-refractivity contribution < 1.29 is 4.79 Å². The van der Waals surface area contributed by atoms with Crippen LogP contribution in [0.4, 0.5) is 0 Å². The van der Waals surface area contributed by atoms with Gasteiger partial charge in [0.2, 0.25) is 0 Å². The molecule has 0 aromatic heterocycles. The minimum absolute atomic E-state index is 0.0343. The van der Waals surface area contributed by atoms with Crippen LogP contribution in [0.2, 0.25) is 19.6 Å². The molecule has 124 valence electrons. The van der Waals surface area contributed by atoms with Gasteiger partial charge in [-0.25, -0.2) is 0 Å². The summed E-state index contributed by atoms with van der Waals surface area (Å²) >= 11 is 0. The number of benzene rings is 1. The molecule has 2 nitrogen and oxygen atoms in total. The van der Waals surface area contributed by atoms with Crippen molar-refractivity contribution in [1.82, 2.24) is 4.90 Å². The molecule has 1 amide bonds. The van der Waals surface area contributed by atoms with Crippen LogP contribution < -0.4 is 0 Å². The molecule has 0 spiro atoms. The van der Waals surface area contributed by atoms with Crippen molar-refractivity contribution >= 4 is 14.0 Å². The van der Waals surface area contributed by atoms with E-state index in [1.807, 2.05) is 30.3 Å². The summed E-state index contributed by atoms with van der Waals surface area (Å²) in [5.41, 5.74) is 4.95. The molecule has 0 saturated carbocycles. The second kappa shape index (κ2) is 5.93. The number of fused-ring (bicyclic) bond motifs is 2. The minimum Gasteiger partial charge on any atom is -0.327 e. The first-order chi connectivity index (χ1) is 10.8. The first-order valence-corrected chi connectivity index (χ1v) is 12.5. The van der Waals surface area contributed by atoms with E-state index in [-0.39, 0.29) is 11.4 Å². The van der Waals surface area contributed by atoms with E-state index in [1.54, 1.807) is 0 Å². The lowest BCUT2D eigenvalue weighted by Gasteiger charge is -2.54. The molecule has 1 aromatic rings. The van der Waals surface area contributed by atoms with Crippen LogP contribution in [0.1, 0.15) is 49.4 Å². The van der Waals surface area contributed by atoms with Crippen LogP contribution in [0.3, 0.4) is 0 Å². The van der Waals surface area contributed by atoms with E-state index in [0.29, 0.717) is 6.04 Å². The lowest BCUT2D eigenvalue weighted by molar-refractivity contribution is 0.00514. The molecular weight excluding hydrogens is 298 g/mol. The fourth-order valence-corrected chi connectivity index (χ4v) is 5.76. The molecule has 1 aromatic carbocycles. The van der Waals surface area contributed by atoms with Crippen molar-refractivity contribution in [3.63, 3.8) is 0 Å². The highest BCUT2D eigenvalue weighted by molar-refractivity contribution is 6.81. The van der Waals surface area contributed by atoms with Gasteiger partial charge in [0.25, 0.3) is 5.91 Å². The van der Waals surface area contributed by atoms with Gasteiger partial charge in [-0.3, -0.25) is 4.79 Å². The molecule has 2 heterocycles. The average molecular weight is 328 g/mol. The van der Waals surface area contributed by atoms with Gasteiger partial charge >= 0.3 is 0 Å². The SMILES string of the molecule is C[C@@]12CCC[C@@H](/C(=C/[Si](C)(C)C)CC1)N2C(=O)c1ccccc1. The Morgan fingerprint density at radius 2 is 1.91 bits per heavy atom. The Balaban J connectivity index is 1.99. The molecule has 0 N–H and O–H groups in total. The average Bonchev–Trinajstić information content (AvgIpc) is 2.49. The third-order valence-electron chi connectivity index (χ3n) is 5.32. The lowest BCUT2D eigenvalue weighted by Crippen LogP contribution is -2.60. The molecule has 2 saturated heterocycles. The zero-order valence-corrected chi connectivity index (χ0v) is 15.9. The summed E-state index contributed by atoms with van der Waals surface area (Å²) in [5, 5.41) is 0. The molecule has 0 radical (unpaired) electrons. The number of carbonyl (C=O) groups excluding carboxylic acids is 1. The van der Waals surface area contributed by atoms with Crippen molar-refractivity contribution in [2.45, 2.75) is 70.2 Å². The van der Waals surface area contributed by atoms with Crippen molar-refractivity contribution in [1.29, 1.82) is 0 Å². The smallest absolute Gasteiger partial charge is 0.254 e. The highest BCUT2D eigenvalue weighted by atomic mass is 28.3. The number of piperidine rings is 2. The summed E-state index contributed by atoms with van der Waals surface area (Å²) in [6.07, 6.45) is 5.79. The Kier molecular flexibility index (Phi) is 4.26. The second-order valence-electron chi connectivity index (χ2n) is 8.53. The third-order valence-corrected chi connectivity index (χ3v) is 6.56. The van der Waals surface area contributed by atoms with Gasteiger partial charge in [0.15, 0.2) is 0 Å². The number of amides is 1. The monoisotopic (exact) mass is 327 g/mol. The van der Waals surface area contributed by atoms with Gasteiger partial charge in [-0.05, 0) is 51.2 Å². The normalized spacial score (nSPS) is 29.7. The first-order valence-electron chi connectivity index (χ1n) is 8.91. The maximum atomic E-state index is 13.2. The van der Waals surface area contributed by atoms with E-state index in [9.17, 15) is 4.79 Å². The van der Waals surface area contributed by atoms with Gasteiger partial charge in [0.1, 0.15) is 0 Å². The van der Waals surface area contributed by atoms with Crippen molar-refractivity contribution in [3.05, 3.63) is 47.2 Å². The van der Waals surface area contributed by atoms with E-state index in [4.69, 9.17) is 0 Å². The molecule has 2 aliphatic rings. The van der Waals surface area contributed by atoms with Crippen molar-refractivity contribution in [2.24, 2.45) is 0 Å². The molecule has 3 heteroatoms. The van der Waals surface area contributed by atoms with Crippen LogP contribution >= 0.6 is 0 Å². The van der Waals surface area contributed by atoms with E-state index in [1.165, 1.54) is 18.4 Å². The molecule has 2 aliphatic heterocycles. The quantitative estimate of drug-likeness (QED) is 0.697. The molecule has 2 bridgehead atoms. The summed E-state index contributed by atoms with van der Waals surface area (Å²) in [4.78, 5) is 15.5. The van der Waals surface area contributed by atoms with Crippen LogP contribution in [0.15, 0.2) is 41.6 Å². The molecule has 0 aliphatic carbocycles. The molecule has 23 heavy (non-hydrogen) atoms. The number of rotatable bonds is 2. The maximum absolute atomic E-state index is 13.2. The zero-order valence-electron chi connectivity index (χ0n) is 14.9. The predicted molar refractivity (Wildman–Crippen MR) is 99.3 cm³/mol. The van der Waals surface area contributed by atoms with Gasteiger partial charge in [-0.2, -0.15) is 0 Å². The maximum Gasteiger partial charge on any atom is 0.254 e. The summed E-state index contributed by atoms with van der Waals surface area (Å²) in [7, 11) is -1.27. The molecule has 2 atom stereocenters. The highest BCUT2D eigenvalue weighted by Gasteiger charge is 2.47. The predicted octanol–water partition coefficient (Wildman–Crippen LogP) is 5.04. The highest BCUT2D eigenvalue weighted by Crippen LogP contribution is 2.45. The largest absolute Gasteiger partial charge is 0.327 e. The minimum atomic E-state index is -1.27. The fourth-order valence-electron chi connectivity index (χ4n) is 4.31. The van der Waals surface area contributed by atoms with E-state index in [0.717, 1.165) is 24.8 Å².